The predicted octanol–water partition coefficient (Wildman–Crippen LogP) is 1.16. The van der Waals surface area contributed by atoms with Gasteiger partial charge in [-0.25, -0.2) is 4.79 Å². The molecule has 0 bridgehead atoms. The Bertz CT molecular complexity index is 488. The molecule has 1 aromatic carbocycles. The van der Waals surface area contributed by atoms with Crippen molar-refractivity contribution in [3.8, 4) is 0 Å². The lowest BCUT2D eigenvalue weighted by Crippen LogP contribution is -2.36. The summed E-state index contributed by atoms with van der Waals surface area (Å²) >= 11 is 5.46. The molecule has 20 heavy (non-hydrogen) atoms. The van der Waals surface area contributed by atoms with Crippen LogP contribution in [0.5, 0.6) is 0 Å². The number of amides is 2. The van der Waals surface area contributed by atoms with E-state index in [1.54, 1.807) is 0 Å². The Morgan fingerprint density at radius 3 is 2.35 bits per heavy atom. The molecule has 0 spiro atoms. The number of hydrogen-bond donors (Lipinski definition) is 2. The van der Waals surface area contributed by atoms with Crippen LogP contribution in [0.4, 0.5) is 5.69 Å². The van der Waals surface area contributed by atoms with Crippen LogP contribution in [0.1, 0.15) is 16.8 Å². The number of carbonyl (C=O) groups is 3. The van der Waals surface area contributed by atoms with Crippen LogP contribution in [-0.4, -0.2) is 37.3 Å². The van der Waals surface area contributed by atoms with Crippen LogP contribution in [-0.2, 0) is 14.3 Å². The van der Waals surface area contributed by atoms with Crippen molar-refractivity contribution in [2.24, 2.45) is 0 Å². The number of ether oxygens (including phenoxy) is 1. The summed E-state index contributed by atoms with van der Waals surface area (Å²) in [6.45, 7) is 0.344. The highest BCUT2D eigenvalue weighted by Gasteiger charge is 2.13. The molecular weight excluding hydrogens is 284 g/mol. The van der Waals surface area contributed by atoms with Crippen molar-refractivity contribution in [2.75, 3.05) is 24.9 Å². The number of alkyl halides is 1. The fourth-order valence-electron chi connectivity index (χ4n) is 1.34. The number of esters is 1. The zero-order chi connectivity index (χ0) is 15.0. The average molecular weight is 299 g/mol. The van der Waals surface area contributed by atoms with Gasteiger partial charge in [0.05, 0.1) is 12.7 Å². The lowest BCUT2D eigenvalue weighted by Gasteiger charge is -2.06. The third-order valence-electron chi connectivity index (χ3n) is 2.37. The van der Waals surface area contributed by atoms with Crippen molar-refractivity contribution in [1.29, 1.82) is 0 Å². The van der Waals surface area contributed by atoms with Gasteiger partial charge in [-0.15, -0.1) is 11.6 Å². The van der Waals surface area contributed by atoms with Crippen molar-refractivity contribution >= 4 is 35.1 Å². The van der Waals surface area contributed by atoms with Gasteiger partial charge >= 0.3 is 17.8 Å². The Labute approximate surface area is 121 Å². The molecule has 2 amide bonds. The van der Waals surface area contributed by atoms with Gasteiger partial charge < -0.3 is 15.4 Å². The molecule has 0 aliphatic heterocycles. The summed E-state index contributed by atoms with van der Waals surface area (Å²) in [4.78, 5) is 34.2. The molecule has 1 aromatic rings. The van der Waals surface area contributed by atoms with Gasteiger partial charge in [0, 0.05) is 18.1 Å². The molecule has 0 aromatic heterocycles. The number of anilines is 1. The van der Waals surface area contributed by atoms with E-state index < -0.39 is 17.8 Å². The number of nitrogens with one attached hydrogen (secondary N) is 2. The second-order valence-corrected chi connectivity index (χ2v) is 4.20. The minimum atomic E-state index is -0.773. The first-order valence-electron chi connectivity index (χ1n) is 5.92. The average Bonchev–Trinajstić information content (AvgIpc) is 2.47. The van der Waals surface area contributed by atoms with Crippen molar-refractivity contribution in [3.63, 3.8) is 0 Å². The molecule has 0 unspecified atom stereocenters. The maximum atomic E-state index is 11.5. The standard InChI is InChI=1S/C13H15ClN2O4/c1-20-13(19)9-3-5-10(6-4-9)16-12(18)11(17)15-8-2-7-14/h3-6H,2,7-8H2,1H3,(H,15,17)(H,16,18). The zero-order valence-electron chi connectivity index (χ0n) is 10.9. The molecule has 0 aliphatic rings. The highest BCUT2D eigenvalue weighted by Crippen LogP contribution is 2.10. The van der Waals surface area contributed by atoms with Crippen LogP contribution in [0.25, 0.3) is 0 Å². The fraction of sp³-hybridized carbons (Fsp3) is 0.308. The van der Waals surface area contributed by atoms with Gasteiger partial charge in [0.15, 0.2) is 0 Å². The first-order chi connectivity index (χ1) is 9.58. The highest BCUT2D eigenvalue weighted by molar-refractivity contribution is 6.39. The van der Waals surface area contributed by atoms with E-state index in [4.69, 9.17) is 11.6 Å². The Balaban J connectivity index is 2.53. The number of halogens is 1. The van der Waals surface area contributed by atoms with Crippen LogP contribution in [0.2, 0.25) is 0 Å². The molecule has 1 rings (SSSR count). The van der Waals surface area contributed by atoms with E-state index in [9.17, 15) is 14.4 Å². The number of methoxy groups -OCH3 is 1. The van der Waals surface area contributed by atoms with E-state index in [0.717, 1.165) is 0 Å². The van der Waals surface area contributed by atoms with Gasteiger partial charge in [-0.2, -0.15) is 0 Å². The number of benzene rings is 1. The minimum absolute atomic E-state index is 0.344. The van der Waals surface area contributed by atoms with E-state index in [1.807, 2.05) is 0 Å². The molecule has 0 radical (unpaired) electrons. The molecule has 0 heterocycles. The molecular formula is C13H15ClN2O4. The lowest BCUT2D eigenvalue weighted by atomic mass is 10.2. The fourth-order valence-corrected chi connectivity index (χ4v) is 1.48. The maximum Gasteiger partial charge on any atom is 0.337 e. The van der Waals surface area contributed by atoms with Crippen molar-refractivity contribution in [2.45, 2.75) is 6.42 Å². The van der Waals surface area contributed by atoms with Crippen molar-refractivity contribution < 1.29 is 19.1 Å². The quantitative estimate of drug-likeness (QED) is 0.370. The third kappa shape index (κ3) is 4.89. The largest absolute Gasteiger partial charge is 0.465 e. The Kier molecular flexibility index (Phi) is 6.52. The molecule has 0 atom stereocenters. The summed E-state index contributed by atoms with van der Waals surface area (Å²) in [5.41, 5.74) is 0.771. The normalized spacial score (nSPS) is 9.70. The van der Waals surface area contributed by atoms with Gasteiger partial charge in [-0.1, -0.05) is 0 Å². The second kappa shape index (κ2) is 8.16. The predicted molar refractivity (Wildman–Crippen MR) is 74.8 cm³/mol. The van der Waals surface area contributed by atoms with Crippen LogP contribution in [0, 0.1) is 0 Å². The minimum Gasteiger partial charge on any atom is -0.465 e. The van der Waals surface area contributed by atoms with E-state index >= 15 is 0 Å². The first kappa shape index (κ1) is 16.0. The second-order valence-electron chi connectivity index (χ2n) is 3.82. The molecule has 6 nitrogen and oxygen atoms in total. The van der Waals surface area contributed by atoms with E-state index in [2.05, 4.69) is 15.4 Å². The number of rotatable bonds is 5. The van der Waals surface area contributed by atoms with E-state index in [-0.39, 0.29) is 0 Å². The first-order valence-corrected chi connectivity index (χ1v) is 6.45. The summed E-state index contributed by atoms with van der Waals surface area (Å²) in [5, 5.41) is 4.85. The monoisotopic (exact) mass is 298 g/mol. The highest BCUT2D eigenvalue weighted by atomic mass is 35.5. The molecule has 0 saturated carbocycles. The molecule has 0 fully saturated rings. The van der Waals surface area contributed by atoms with Crippen LogP contribution in [0.15, 0.2) is 24.3 Å². The van der Waals surface area contributed by atoms with Crippen LogP contribution in [0.3, 0.4) is 0 Å². The number of carbonyl (C=O) groups excluding carboxylic acids is 3. The molecule has 2 N–H and O–H groups in total. The SMILES string of the molecule is COC(=O)c1ccc(NC(=O)C(=O)NCCCCl)cc1. The van der Waals surface area contributed by atoms with Gasteiger partial charge in [-0.05, 0) is 30.7 Å². The summed E-state index contributed by atoms with van der Waals surface area (Å²) in [5.74, 6) is -1.56. The summed E-state index contributed by atoms with van der Waals surface area (Å²) < 4.78 is 4.55. The summed E-state index contributed by atoms with van der Waals surface area (Å²) in [6, 6.07) is 6.01. The van der Waals surface area contributed by atoms with Crippen LogP contribution >= 0.6 is 11.6 Å². The van der Waals surface area contributed by atoms with Crippen LogP contribution < -0.4 is 10.6 Å². The smallest absolute Gasteiger partial charge is 0.337 e. The Morgan fingerprint density at radius 1 is 1.15 bits per heavy atom. The topological polar surface area (TPSA) is 84.5 Å². The van der Waals surface area contributed by atoms with Crippen molar-refractivity contribution in [1.82, 2.24) is 5.32 Å². The summed E-state index contributed by atoms with van der Waals surface area (Å²) in [7, 11) is 1.28. The molecule has 7 heteroatoms. The van der Waals surface area contributed by atoms with E-state index in [0.29, 0.717) is 30.1 Å². The van der Waals surface area contributed by atoms with E-state index in [1.165, 1.54) is 31.4 Å². The molecule has 0 saturated heterocycles. The Hall–Kier alpha value is -2.08. The van der Waals surface area contributed by atoms with Gasteiger partial charge in [-0.3, -0.25) is 9.59 Å². The number of hydrogen-bond acceptors (Lipinski definition) is 4. The third-order valence-corrected chi connectivity index (χ3v) is 2.63. The van der Waals surface area contributed by atoms with Gasteiger partial charge in [0.1, 0.15) is 0 Å². The Morgan fingerprint density at radius 2 is 1.80 bits per heavy atom. The molecule has 108 valence electrons. The van der Waals surface area contributed by atoms with Crippen molar-refractivity contribution in [3.05, 3.63) is 29.8 Å². The maximum absolute atomic E-state index is 11.5. The van der Waals surface area contributed by atoms with Gasteiger partial charge in [0.25, 0.3) is 0 Å². The molecule has 0 aliphatic carbocycles. The summed E-state index contributed by atoms with van der Waals surface area (Å²) in [6.07, 6.45) is 0.592. The lowest BCUT2D eigenvalue weighted by molar-refractivity contribution is -0.136. The van der Waals surface area contributed by atoms with Gasteiger partial charge in [0.2, 0.25) is 0 Å². The zero-order valence-corrected chi connectivity index (χ0v) is 11.7.